The van der Waals surface area contributed by atoms with Gasteiger partial charge in [0.25, 0.3) is 0 Å². The number of anilines is 1. The molecule has 0 spiro atoms. The molecular weight excluding hydrogens is 267 g/mol. The first-order valence-corrected chi connectivity index (χ1v) is 6.42. The molecule has 0 saturated carbocycles. The Hall–Kier alpha value is -2.08. The number of carbonyl (C=O) groups is 1. The fourth-order valence-electron chi connectivity index (χ4n) is 1.55. The van der Waals surface area contributed by atoms with Crippen molar-refractivity contribution < 1.29 is 13.9 Å². The quantitative estimate of drug-likeness (QED) is 0.885. The lowest BCUT2D eigenvalue weighted by molar-refractivity contribution is 0.100. The lowest BCUT2D eigenvalue weighted by atomic mass is 10.2. The van der Waals surface area contributed by atoms with Crippen molar-refractivity contribution in [1.82, 2.24) is 0 Å². The highest BCUT2D eigenvalue weighted by atomic mass is 32.1. The average molecular weight is 280 g/mol. The van der Waals surface area contributed by atoms with Crippen LogP contribution in [0.5, 0.6) is 5.75 Å². The van der Waals surface area contributed by atoms with Crippen LogP contribution in [0.4, 0.5) is 10.1 Å². The molecule has 0 bridgehead atoms. The molecule has 2 aromatic rings. The zero-order chi connectivity index (χ0) is 13.8. The van der Waals surface area contributed by atoms with E-state index < -0.39 is 5.91 Å². The number of benzene rings is 1. The molecule has 0 aliphatic rings. The standard InChI is InChI=1S/C13H13FN2O2S/c1-18-9-2-3-11(14)12(5-9)16-6-10-4-8(7-19-10)13(15)17/h2-5,7,16H,6H2,1H3,(H2,15,17). The van der Waals surface area contributed by atoms with E-state index in [1.165, 1.54) is 24.5 Å². The van der Waals surface area contributed by atoms with E-state index in [1.807, 2.05) is 0 Å². The molecular formula is C13H13FN2O2S. The number of thiophene rings is 1. The molecule has 0 unspecified atom stereocenters. The van der Waals surface area contributed by atoms with Gasteiger partial charge in [0, 0.05) is 22.9 Å². The van der Waals surface area contributed by atoms with Crippen molar-refractivity contribution in [3.05, 3.63) is 45.9 Å². The van der Waals surface area contributed by atoms with E-state index in [-0.39, 0.29) is 5.82 Å². The fraction of sp³-hybridized carbons (Fsp3) is 0.154. The molecule has 19 heavy (non-hydrogen) atoms. The van der Waals surface area contributed by atoms with Gasteiger partial charge in [-0.25, -0.2) is 4.39 Å². The number of carbonyl (C=O) groups excluding carboxylic acids is 1. The van der Waals surface area contributed by atoms with Gasteiger partial charge in [-0.3, -0.25) is 4.79 Å². The van der Waals surface area contributed by atoms with E-state index in [0.717, 1.165) is 4.88 Å². The highest BCUT2D eigenvalue weighted by Gasteiger charge is 2.07. The van der Waals surface area contributed by atoms with Crippen molar-refractivity contribution in [3.63, 3.8) is 0 Å². The molecule has 0 saturated heterocycles. The van der Waals surface area contributed by atoms with Crippen molar-refractivity contribution in [2.24, 2.45) is 5.73 Å². The van der Waals surface area contributed by atoms with Crippen molar-refractivity contribution in [2.45, 2.75) is 6.54 Å². The lowest BCUT2D eigenvalue weighted by Gasteiger charge is -2.08. The number of amides is 1. The number of hydrogen-bond donors (Lipinski definition) is 2. The second kappa shape index (κ2) is 5.71. The monoisotopic (exact) mass is 280 g/mol. The second-order valence-electron chi connectivity index (χ2n) is 3.87. The summed E-state index contributed by atoms with van der Waals surface area (Å²) >= 11 is 1.40. The molecule has 6 heteroatoms. The maximum Gasteiger partial charge on any atom is 0.249 e. The van der Waals surface area contributed by atoms with Crippen LogP contribution in [-0.2, 0) is 6.54 Å². The molecule has 1 aromatic carbocycles. The maximum atomic E-state index is 13.6. The van der Waals surface area contributed by atoms with Crippen molar-refractivity contribution in [3.8, 4) is 5.75 Å². The van der Waals surface area contributed by atoms with Crippen LogP contribution in [0.15, 0.2) is 29.6 Å². The number of halogens is 1. The fourth-order valence-corrected chi connectivity index (χ4v) is 2.36. The largest absolute Gasteiger partial charge is 0.497 e. The summed E-state index contributed by atoms with van der Waals surface area (Å²) in [6.07, 6.45) is 0. The number of primary amides is 1. The van der Waals surface area contributed by atoms with Gasteiger partial charge in [-0.05, 0) is 18.2 Å². The molecule has 2 rings (SSSR count). The van der Waals surface area contributed by atoms with Gasteiger partial charge in [0.15, 0.2) is 0 Å². The Bertz CT molecular complexity index is 598. The Balaban J connectivity index is 2.07. The zero-order valence-electron chi connectivity index (χ0n) is 10.3. The van der Waals surface area contributed by atoms with Gasteiger partial charge in [-0.2, -0.15) is 0 Å². The number of rotatable bonds is 5. The Morgan fingerprint density at radius 2 is 2.26 bits per heavy atom. The van der Waals surface area contributed by atoms with Crippen LogP contribution < -0.4 is 15.8 Å². The third-order valence-electron chi connectivity index (χ3n) is 2.56. The summed E-state index contributed by atoms with van der Waals surface area (Å²) in [5.41, 5.74) is 5.99. The summed E-state index contributed by atoms with van der Waals surface area (Å²) in [5, 5.41) is 4.64. The van der Waals surface area contributed by atoms with Gasteiger partial charge in [0.05, 0.1) is 18.4 Å². The van der Waals surface area contributed by atoms with E-state index in [4.69, 9.17) is 10.5 Å². The minimum Gasteiger partial charge on any atom is -0.497 e. The molecule has 0 fully saturated rings. The Labute approximate surface area is 114 Å². The maximum absolute atomic E-state index is 13.6. The Morgan fingerprint density at radius 3 is 2.89 bits per heavy atom. The molecule has 0 aliphatic carbocycles. The SMILES string of the molecule is COc1ccc(F)c(NCc2cc(C(N)=O)cs2)c1. The summed E-state index contributed by atoms with van der Waals surface area (Å²) in [4.78, 5) is 11.9. The first-order valence-electron chi connectivity index (χ1n) is 5.55. The number of methoxy groups -OCH3 is 1. The molecule has 0 atom stereocenters. The van der Waals surface area contributed by atoms with Gasteiger partial charge in [-0.1, -0.05) is 0 Å². The van der Waals surface area contributed by atoms with E-state index in [0.29, 0.717) is 23.5 Å². The van der Waals surface area contributed by atoms with Gasteiger partial charge in [-0.15, -0.1) is 11.3 Å². The first kappa shape index (κ1) is 13.4. The van der Waals surface area contributed by atoms with Gasteiger partial charge in [0.2, 0.25) is 5.91 Å². The molecule has 100 valence electrons. The van der Waals surface area contributed by atoms with E-state index in [9.17, 15) is 9.18 Å². The molecule has 0 radical (unpaired) electrons. The smallest absolute Gasteiger partial charge is 0.249 e. The molecule has 1 aromatic heterocycles. The Morgan fingerprint density at radius 1 is 1.47 bits per heavy atom. The van der Waals surface area contributed by atoms with E-state index in [1.54, 1.807) is 23.6 Å². The topological polar surface area (TPSA) is 64.3 Å². The van der Waals surface area contributed by atoms with Crippen LogP contribution in [0.1, 0.15) is 15.2 Å². The highest BCUT2D eigenvalue weighted by Crippen LogP contribution is 2.23. The molecule has 0 aliphatic heterocycles. The third-order valence-corrected chi connectivity index (χ3v) is 3.50. The normalized spacial score (nSPS) is 10.2. The van der Waals surface area contributed by atoms with Crippen LogP contribution in [0.3, 0.4) is 0 Å². The molecule has 1 heterocycles. The average Bonchev–Trinajstić information content (AvgIpc) is 2.87. The van der Waals surface area contributed by atoms with Crippen LogP contribution in [0.2, 0.25) is 0 Å². The predicted molar refractivity (Wildman–Crippen MR) is 73.1 cm³/mol. The van der Waals surface area contributed by atoms with Crippen LogP contribution in [-0.4, -0.2) is 13.0 Å². The van der Waals surface area contributed by atoms with Crippen LogP contribution in [0, 0.1) is 5.82 Å². The summed E-state index contributed by atoms with van der Waals surface area (Å²) < 4.78 is 18.6. The van der Waals surface area contributed by atoms with Crippen molar-refractivity contribution in [1.29, 1.82) is 0 Å². The molecule has 3 N–H and O–H groups in total. The summed E-state index contributed by atoms with van der Waals surface area (Å²) in [7, 11) is 1.52. The van der Waals surface area contributed by atoms with E-state index in [2.05, 4.69) is 5.32 Å². The summed E-state index contributed by atoms with van der Waals surface area (Å²) in [6.45, 7) is 0.419. The predicted octanol–water partition coefficient (Wildman–Crippen LogP) is 2.61. The molecule has 4 nitrogen and oxygen atoms in total. The lowest BCUT2D eigenvalue weighted by Crippen LogP contribution is -2.09. The minimum absolute atomic E-state index is 0.354. The van der Waals surface area contributed by atoms with Crippen molar-refractivity contribution in [2.75, 3.05) is 12.4 Å². The summed E-state index contributed by atoms with van der Waals surface area (Å²) in [5.74, 6) is -0.240. The number of hydrogen-bond acceptors (Lipinski definition) is 4. The van der Waals surface area contributed by atoms with Gasteiger partial charge in [0.1, 0.15) is 11.6 Å². The second-order valence-corrected chi connectivity index (χ2v) is 4.86. The van der Waals surface area contributed by atoms with Crippen molar-refractivity contribution >= 4 is 22.9 Å². The summed E-state index contributed by atoms with van der Waals surface area (Å²) in [6, 6.07) is 6.16. The zero-order valence-corrected chi connectivity index (χ0v) is 11.1. The number of nitrogens with two attached hydrogens (primary N) is 1. The third kappa shape index (κ3) is 3.23. The molecule has 1 amide bonds. The van der Waals surface area contributed by atoms with Gasteiger partial charge >= 0.3 is 0 Å². The number of ether oxygens (including phenoxy) is 1. The highest BCUT2D eigenvalue weighted by molar-refractivity contribution is 7.10. The first-order chi connectivity index (χ1) is 9.10. The van der Waals surface area contributed by atoms with Crippen LogP contribution >= 0.6 is 11.3 Å². The Kier molecular flexibility index (Phi) is 4.01. The van der Waals surface area contributed by atoms with Gasteiger partial charge < -0.3 is 15.8 Å². The minimum atomic E-state index is -0.463. The van der Waals surface area contributed by atoms with Crippen LogP contribution in [0.25, 0.3) is 0 Å². The number of nitrogens with one attached hydrogen (secondary N) is 1. The van der Waals surface area contributed by atoms with E-state index >= 15 is 0 Å².